The van der Waals surface area contributed by atoms with E-state index in [2.05, 4.69) is 10.6 Å². The average molecular weight is 368 g/mol. The highest BCUT2D eigenvalue weighted by molar-refractivity contribution is 7.80. The fourth-order valence-corrected chi connectivity index (χ4v) is 3.14. The molecule has 0 spiro atoms. The highest BCUT2D eigenvalue weighted by Crippen LogP contribution is 2.33. The number of fused-ring (bicyclic) bond motifs is 1. The zero-order valence-corrected chi connectivity index (χ0v) is 14.1. The van der Waals surface area contributed by atoms with Gasteiger partial charge in [-0.15, -0.1) is 0 Å². The van der Waals surface area contributed by atoms with Crippen LogP contribution in [-0.4, -0.2) is 44.4 Å². The molecule has 0 bridgehead atoms. The second kappa shape index (κ2) is 5.81. The van der Waals surface area contributed by atoms with Gasteiger partial charge in [-0.25, -0.2) is 13.8 Å². The van der Waals surface area contributed by atoms with Crippen molar-refractivity contribution in [1.29, 1.82) is 0 Å². The molecule has 1 atom stereocenters. The van der Waals surface area contributed by atoms with E-state index in [9.17, 15) is 23.2 Å². The van der Waals surface area contributed by atoms with Gasteiger partial charge in [0.1, 0.15) is 11.6 Å². The SMILES string of the molecule is CC1(C)C(=O)NC(=S)N2C(=O)C[C@@H](C(=O)Nc3ccc(F)c(F)c3)N21. The molecule has 2 saturated heterocycles. The molecule has 1 aromatic carbocycles. The van der Waals surface area contributed by atoms with Crippen LogP contribution in [-0.2, 0) is 14.4 Å². The first-order valence-electron chi connectivity index (χ1n) is 7.36. The molecule has 0 saturated carbocycles. The molecule has 2 N–H and O–H groups in total. The van der Waals surface area contributed by atoms with Gasteiger partial charge >= 0.3 is 0 Å². The average Bonchev–Trinajstić information content (AvgIpc) is 2.88. The second-order valence-electron chi connectivity index (χ2n) is 6.21. The Morgan fingerprint density at radius 3 is 2.64 bits per heavy atom. The standard InChI is InChI=1S/C15H14F2N4O3S/c1-15(2)13(24)19-14(25)20-11(22)6-10(21(15)20)12(23)18-7-3-4-8(16)9(17)5-7/h3-5,10H,6H2,1-2H3,(H,18,23)(H,19,24,25)/t10-/m0/s1. The van der Waals surface area contributed by atoms with Crippen molar-refractivity contribution in [2.24, 2.45) is 0 Å². The zero-order chi connectivity index (χ0) is 18.5. The van der Waals surface area contributed by atoms with Gasteiger partial charge in [0.2, 0.25) is 17.7 Å². The van der Waals surface area contributed by atoms with E-state index in [1.54, 1.807) is 13.8 Å². The van der Waals surface area contributed by atoms with Crippen molar-refractivity contribution < 1.29 is 23.2 Å². The van der Waals surface area contributed by atoms with Crippen LogP contribution in [0.5, 0.6) is 0 Å². The van der Waals surface area contributed by atoms with Crippen molar-refractivity contribution in [2.75, 3.05) is 5.32 Å². The zero-order valence-electron chi connectivity index (χ0n) is 13.3. The molecule has 3 amide bonds. The van der Waals surface area contributed by atoms with E-state index >= 15 is 0 Å². The number of nitrogens with zero attached hydrogens (tertiary/aromatic N) is 2. The molecule has 2 heterocycles. The number of carbonyl (C=O) groups is 3. The van der Waals surface area contributed by atoms with E-state index in [1.807, 2.05) is 0 Å². The second-order valence-corrected chi connectivity index (χ2v) is 6.59. The molecule has 10 heteroatoms. The molecule has 1 aromatic rings. The molecule has 2 aliphatic heterocycles. The monoisotopic (exact) mass is 368 g/mol. The predicted molar refractivity (Wildman–Crippen MR) is 86.9 cm³/mol. The number of amides is 3. The van der Waals surface area contributed by atoms with Crippen LogP contribution in [0.4, 0.5) is 14.5 Å². The minimum absolute atomic E-state index is 0.0386. The third-order valence-electron chi connectivity index (χ3n) is 4.15. The van der Waals surface area contributed by atoms with E-state index < -0.39 is 40.9 Å². The van der Waals surface area contributed by atoms with Crippen LogP contribution in [0.3, 0.4) is 0 Å². The number of thiocarbonyl (C=S) groups is 1. The summed E-state index contributed by atoms with van der Waals surface area (Å²) in [7, 11) is 0. The van der Waals surface area contributed by atoms with Crippen molar-refractivity contribution in [2.45, 2.75) is 31.8 Å². The third-order valence-corrected chi connectivity index (χ3v) is 4.42. The summed E-state index contributed by atoms with van der Waals surface area (Å²) in [6.45, 7) is 3.10. The number of benzene rings is 1. The van der Waals surface area contributed by atoms with Crippen LogP contribution < -0.4 is 10.6 Å². The number of nitrogens with one attached hydrogen (secondary N) is 2. The molecule has 7 nitrogen and oxygen atoms in total. The van der Waals surface area contributed by atoms with Crippen LogP contribution in [0, 0.1) is 11.6 Å². The van der Waals surface area contributed by atoms with E-state index in [4.69, 9.17) is 12.2 Å². The lowest BCUT2D eigenvalue weighted by molar-refractivity contribution is -0.154. The van der Waals surface area contributed by atoms with Gasteiger partial charge in [-0.1, -0.05) is 0 Å². The number of anilines is 1. The maximum Gasteiger partial charge on any atom is 0.248 e. The summed E-state index contributed by atoms with van der Waals surface area (Å²) >= 11 is 5.01. The van der Waals surface area contributed by atoms with Crippen molar-refractivity contribution in [3.63, 3.8) is 0 Å². The number of carbonyl (C=O) groups excluding carboxylic acids is 3. The molecule has 2 fully saturated rings. The number of hydrazine groups is 1. The van der Waals surface area contributed by atoms with E-state index in [0.29, 0.717) is 0 Å². The van der Waals surface area contributed by atoms with Crippen LogP contribution in [0.2, 0.25) is 0 Å². The summed E-state index contributed by atoms with van der Waals surface area (Å²) in [5.41, 5.74) is -1.17. The molecule has 0 aliphatic carbocycles. The van der Waals surface area contributed by atoms with Crippen molar-refractivity contribution in [3.8, 4) is 0 Å². The lowest BCUT2D eigenvalue weighted by Crippen LogP contribution is -2.71. The maximum atomic E-state index is 13.3. The van der Waals surface area contributed by atoms with Crippen LogP contribution >= 0.6 is 12.2 Å². The van der Waals surface area contributed by atoms with Crippen molar-refractivity contribution in [1.82, 2.24) is 15.3 Å². The fourth-order valence-electron chi connectivity index (χ4n) is 2.86. The molecule has 3 rings (SSSR count). The van der Waals surface area contributed by atoms with E-state index in [1.165, 1.54) is 11.1 Å². The van der Waals surface area contributed by atoms with Crippen LogP contribution in [0.25, 0.3) is 0 Å². The Morgan fingerprint density at radius 2 is 2.00 bits per heavy atom. The summed E-state index contributed by atoms with van der Waals surface area (Å²) in [6.07, 6.45) is -0.200. The summed E-state index contributed by atoms with van der Waals surface area (Å²) < 4.78 is 26.3. The maximum absolute atomic E-state index is 13.3. The minimum atomic E-state index is -1.20. The Kier molecular flexibility index (Phi) is 4.04. The largest absolute Gasteiger partial charge is 0.325 e. The van der Waals surface area contributed by atoms with Crippen molar-refractivity contribution >= 4 is 40.7 Å². The summed E-state index contributed by atoms with van der Waals surface area (Å²) in [5.74, 6) is -3.68. The molecule has 0 unspecified atom stereocenters. The van der Waals surface area contributed by atoms with Crippen molar-refractivity contribution in [3.05, 3.63) is 29.8 Å². The first-order valence-corrected chi connectivity index (χ1v) is 7.77. The molecule has 25 heavy (non-hydrogen) atoms. The highest BCUT2D eigenvalue weighted by atomic mass is 32.1. The molecule has 0 radical (unpaired) electrons. The van der Waals surface area contributed by atoms with E-state index in [0.717, 1.165) is 17.1 Å². The first-order chi connectivity index (χ1) is 11.6. The topological polar surface area (TPSA) is 81.8 Å². The Morgan fingerprint density at radius 1 is 1.32 bits per heavy atom. The minimum Gasteiger partial charge on any atom is -0.325 e. The van der Waals surface area contributed by atoms with Gasteiger partial charge in [0.05, 0.1) is 6.42 Å². The summed E-state index contributed by atoms with van der Waals surface area (Å²) in [4.78, 5) is 37.0. The van der Waals surface area contributed by atoms with Gasteiger partial charge in [-0.2, -0.15) is 5.01 Å². The number of hydrogen-bond donors (Lipinski definition) is 2. The Hall–Kier alpha value is -2.46. The van der Waals surface area contributed by atoms with Crippen LogP contribution in [0.15, 0.2) is 18.2 Å². The Labute approximate surface area is 146 Å². The van der Waals surface area contributed by atoms with Gasteiger partial charge in [0.15, 0.2) is 16.7 Å². The van der Waals surface area contributed by atoms with Gasteiger partial charge in [0.25, 0.3) is 0 Å². The summed E-state index contributed by atoms with van der Waals surface area (Å²) in [5, 5.41) is 7.16. The molecular formula is C15H14F2N4O3S. The highest BCUT2D eigenvalue weighted by Gasteiger charge is 2.56. The lowest BCUT2D eigenvalue weighted by Gasteiger charge is -2.45. The molecule has 132 valence electrons. The molecule has 2 aliphatic rings. The third kappa shape index (κ3) is 2.76. The molecule has 0 aromatic heterocycles. The van der Waals surface area contributed by atoms with Gasteiger partial charge < -0.3 is 5.32 Å². The van der Waals surface area contributed by atoms with E-state index in [-0.39, 0.29) is 17.2 Å². The number of halogens is 2. The first kappa shape index (κ1) is 17.4. The summed E-state index contributed by atoms with van der Waals surface area (Å²) in [6, 6.07) is 1.90. The van der Waals surface area contributed by atoms with Gasteiger partial charge in [-0.05, 0) is 38.2 Å². The lowest BCUT2D eigenvalue weighted by atomic mass is 10.00. The number of rotatable bonds is 2. The molecular weight excluding hydrogens is 354 g/mol. The quantitative estimate of drug-likeness (QED) is 0.759. The van der Waals surface area contributed by atoms with Gasteiger partial charge in [-0.3, -0.25) is 19.7 Å². The Balaban J connectivity index is 1.89. The Bertz CT molecular complexity index is 814. The van der Waals surface area contributed by atoms with Gasteiger partial charge in [0, 0.05) is 11.8 Å². The predicted octanol–water partition coefficient (Wildman–Crippen LogP) is 0.914. The fraction of sp³-hybridized carbons (Fsp3) is 0.333. The smallest absolute Gasteiger partial charge is 0.248 e. The van der Waals surface area contributed by atoms with Crippen LogP contribution in [0.1, 0.15) is 20.3 Å². The normalized spacial score (nSPS) is 22.6. The number of hydrogen-bond acceptors (Lipinski definition) is 5.